The second-order valence-corrected chi connectivity index (χ2v) is 6.24. The number of carbonyl (C=O) groups is 1. The van der Waals surface area contributed by atoms with Crippen LogP contribution in [-0.2, 0) is 21.3 Å². The third kappa shape index (κ3) is 5.04. The molecule has 0 aliphatic carbocycles. The van der Waals surface area contributed by atoms with E-state index in [2.05, 4.69) is 5.32 Å². The summed E-state index contributed by atoms with van der Waals surface area (Å²) in [5, 5.41) is 2.73. The average Bonchev–Trinajstić information content (AvgIpc) is 2.49. The fourth-order valence-corrected chi connectivity index (χ4v) is 2.98. The molecule has 5 heteroatoms. The fourth-order valence-electron chi connectivity index (χ4n) is 1.86. The van der Waals surface area contributed by atoms with Crippen molar-refractivity contribution in [3.05, 3.63) is 60.2 Å². The highest BCUT2D eigenvalue weighted by Crippen LogP contribution is 2.16. The van der Waals surface area contributed by atoms with Crippen LogP contribution in [0.25, 0.3) is 0 Å². The second-order valence-electron chi connectivity index (χ2n) is 4.66. The molecule has 0 saturated carbocycles. The van der Waals surface area contributed by atoms with E-state index in [1.807, 2.05) is 30.3 Å². The van der Waals surface area contributed by atoms with Crippen molar-refractivity contribution >= 4 is 28.1 Å². The molecule has 0 aliphatic heterocycles. The van der Waals surface area contributed by atoms with Crippen LogP contribution in [0.2, 0.25) is 0 Å². The lowest BCUT2D eigenvalue weighted by atomic mass is 10.2. The quantitative estimate of drug-likeness (QED) is 0.805. The lowest BCUT2D eigenvalue weighted by Gasteiger charge is -2.07. The number of benzene rings is 2. The molecular weight excluding hydrogens is 284 g/mol. The summed E-state index contributed by atoms with van der Waals surface area (Å²) < 4.78 is 11.9. The minimum Gasteiger partial charge on any atom is -0.397 e. The summed E-state index contributed by atoms with van der Waals surface area (Å²) in [7, 11) is -1.05. The van der Waals surface area contributed by atoms with Crippen LogP contribution in [0, 0.1) is 0 Å². The Morgan fingerprint density at radius 3 is 2.43 bits per heavy atom. The van der Waals surface area contributed by atoms with E-state index in [0.717, 1.165) is 5.56 Å². The Morgan fingerprint density at radius 1 is 1.05 bits per heavy atom. The zero-order valence-electron chi connectivity index (χ0n) is 11.6. The van der Waals surface area contributed by atoms with Gasteiger partial charge in [-0.05, 0) is 17.7 Å². The van der Waals surface area contributed by atoms with Gasteiger partial charge < -0.3 is 11.1 Å². The normalized spacial score (nSPS) is 11.8. The van der Waals surface area contributed by atoms with Crippen molar-refractivity contribution in [2.24, 2.45) is 0 Å². The average molecular weight is 302 g/mol. The van der Waals surface area contributed by atoms with Gasteiger partial charge in [0.15, 0.2) is 0 Å². The molecule has 1 amide bonds. The molecule has 0 spiro atoms. The number of nitrogens with two attached hydrogens (primary N) is 1. The maximum Gasteiger partial charge on any atom is 0.225 e. The van der Waals surface area contributed by atoms with E-state index in [1.54, 1.807) is 24.3 Å². The number of hydrogen-bond donors (Lipinski definition) is 2. The van der Waals surface area contributed by atoms with E-state index >= 15 is 0 Å². The van der Waals surface area contributed by atoms with Gasteiger partial charge in [0.05, 0.1) is 11.4 Å². The van der Waals surface area contributed by atoms with E-state index in [9.17, 15) is 9.00 Å². The van der Waals surface area contributed by atoms with Crippen molar-refractivity contribution in [1.82, 2.24) is 0 Å². The van der Waals surface area contributed by atoms with Gasteiger partial charge in [0.25, 0.3) is 0 Å². The minimum absolute atomic E-state index is 0.172. The highest BCUT2D eigenvalue weighted by Gasteiger charge is 2.08. The van der Waals surface area contributed by atoms with Gasteiger partial charge in [0.1, 0.15) is 0 Å². The van der Waals surface area contributed by atoms with Gasteiger partial charge in [-0.3, -0.25) is 9.00 Å². The Hall–Kier alpha value is -2.14. The first-order valence-corrected chi connectivity index (χ1v) is 8.17. The molecule has 3 N–H and O–H groups in total. The Balaban J connectivity index is 1.79. The molecule has 0 radical (unpaired) electrons. The molecule has 0 saturated heterocycles. The summed E-state index contributed by atoms with van der Waals surface area (Å²) in [6, 6.07) is 16.7. The monoisotopic (exact) mass is 302 g/mol. The molecule has 4 nitrogen and oxygen atoms in total. The lowest BCUT2D eigenvalue weighted by Crippen LogP contribution is -2.16. The third-order valence-electron chi connectivity index (χ3n) is 2.96. The van der Waals surface area contributed by atoms with Gasteiger partial charge in [0.2, 0.25) is 5.91 Å². The molecule has 1 atom stereocenters. The molecule has 1 unspecified atom stereocenters. The highest BCUT2D eigenvalue weighted by atomic mass is 32.2. The second kappa shape index (κ2) is 7.59. The Bertz CT molecular complexity index is 629. The Labute approximate surface area is 126 Å². The van der Waals surface area contributed by atoms with Crippen molar-refractivity contribution in [3.8, 4) is 0 Å². The van der Waals surface area contributed by atoms with E-state index in [1.165, 1.54) is 0 Å². The van der Waals surface area contributed by atoms with Crippen LogP contribution in [0.5, 0.6) is 0 Å². The summed E-state index contributed by atoms with van der Waals surface area (Å²) in [6.07, 6.45) is 0.216. The largest absolute Gasteiger partial charge is 0.397 e. The van der Waals surface area contributed by atoms with Crippen LogP contribution in [0.15, 0.2) is 54.6 Å². The van der Waals surface area contributed by atoms with Gasteiger partial charge in [-0.1, -0.05) is 42.5 Å². The maximum atomic E-state index is 11.9. The summed E-state index contributed by atoms with van der Waals surface area (Å²) in [5.41, 5.74) is 7.89. The molecule has 0 heterocycles. The van der Waals surface area contributed by atoms with Gasteiger partial charge in [-0.25, -0.2) is 0 Å². The number of nitrogen functional groups attached to an aromatic ring is 1. The van der Waals surface area contributed by atoms with Crippen molar-refractivity contribution in [2.75, 3.05) is 16.8 Å². The molecule has 2 rings (SSSR count). The van der Waals surface area contributed by atoms with Crippen LogP contribution < -0.4 is 11.1 Å². The zero-order valence-corrected chi connectivity index (χ0v) is 12.4. The number of amides is 1. The predicted molar refractivity (Wildman–Crippen MR) is 87.3 cm³/mol. The number of nitrogens with one attached hydrogen (secondary N) is 1. The SMILES string of the molecule is Nc1ccccc1NC(=O)CCS(=O)Cc1ccccc1. The van der Waals surface area contributed by atoms with Crippen molar-refractivity contribution in [2.45, 2.75) is 12.2 Å². The van der Waals surface area contributed by atoms with Crippen molar-refractivity contribution in [1.29, 1.82) is 0 Å². The van der Waals surface area contributed by atoms with Gasteiger partial charge >= 0.3 is 0 Å². The lowest BCUT2D eigenvalue weighted by molar-refractivity contribution is -0.115. The number of para-hydroxylation sites is 2. The van der Waals surface area contributed by atoms with Gasteiger partial charge in [0, 0.05) is 28.7 Å². The molecular formula is C16H18N2O2S. The first-order chi connectivity index (χ1) is 10.1. The van der Waals surface area contributed by atoms with Gasteiger partial charge in [-0.15, -0.1) is 0 Å². The van der Waals surface area contributed by atoms with Crippen molar-refractivity contribution in [3.63, 3.8) is 0 Å². The fraction of sp³-hybridized carbons (Fsp3) is 0.188. The molecule has 0 fully saturated rings. The predicted octanol–water partition coefficient (Wildman–Crippen LogP) is 2.55. The van der Waals surface area contributed by atoms with E-state index < -0.39 is 10.8 Å². The van der Waals surface area contributed by atoms with E-state index in [0.29, 0.717) is 22.9 Å². The molecule has 2 aromatic rings. The van der Waals surface area contributed by atoms with Gasteiger partial charge in [-0.2, -0.15) is 0 Å². The van der Waals surface area contributed by atoms with Crippen LogP contribution in [-0.4, -0.2) is 15.9 Å². The summed E-state index contributed by atoms with van der Waals surface area (Å²) in [4.78, 5) is 11.8. The smallest absolute Gasteiger partial charge is 0.225 e. The van der Waals surface area contributed by atoms with Crippen LogP contribution in [0.3, 0.4) is 0 Å². The first kappa shape index (κ1) is 15.3. The van der Waals surface area contributed by atoms with Crippen LogP contribution in [0.4, 0.5) is 11.4 Å². The molecule has 0 aliphatic rings. The number of anilines is 2. The highest BCUT2D eigenvalue weighted by molar-refractivity contribution is 7.84. The summed E-state index contributed by atoms with van der Waals surface area (Å²) in [5.74, 6) is 0.643. The topological polar surface area (TPSA) is 72.2 Å². The number of carbonyl (C=O) groups excluding carboxylic acids is 1. The van der Waals surface area contributed by atoms with Crippen molar-refractivity contribution < 1.29 is 9.00 Å². The molecule has 2 aromatic carbocycles. The molecule has 21 heavy (non-hydrogen) atoms. The number of rotatable bonds is 6. The minimum atomic E-state index is -1.05. The zero-order chi connectivity index (χ0) is 15.1. The number of hydrogen-bond acceptors (Lipinski definition) is 3. The Kier molecular flexibility index (Phi) is 5.51. The molecule has 0 aromatic heterocycles. The first-order valence-electron chi connectivity index (χ1n) is 6.68. The van der Waals surface area contributed by atoms with E-state index in [-0.39, 0.29) is 12.3 Å². The van der Waals surface area contributed by atoms with E-state index in [4.69, 9.17) is 5.73 Å². The summed E-state index contributed by atoms with van der Waals surface area (Å²) in [6.45, 7) is 0. The third-order valence-corrected chi connectivity index (χ3v) is 4.28. The standard InChI is InChI=1S/C16H18N2O2S/c17-14-8-4-5-9-15(14)18-16(19)10-11-21(20)12-13-6-2-1-3-7-13/h1-9H,10-12,17H2,(H,18,19). The van der Waals surface area contributed by atoms with Crippen LogP contribution >= 0.6 is 0 Å². The molecule has 0 bridgehead atoms. The summed E-state index contributed by atoms with van der Waals surface area (Å²) >= 11 is 0. The molecule has 110 valence electrons. The maximum absolute atomic E-state index is 11.9. The Morgan fingerprint density at radius 2 is 1.71 bits per heavy atom. The van der Waals surface area contributed by atoms with Crippen LogP contribution in [0.1, 0.15) is 12.0 Å².